The number of hydrogen-bond donors (Lipinski definition) is 1. The van der Waals surface area contributed by atoms with Crippen molar-refractivity contribution < 1.29 is 14.6 Å². The maximum Gasteiger partial charge on any atom is 0.136 e. The van der Waals surface area contributed by atoms with Crippen LogP contribution in [-0.2, 0) is 4.74 Å². The Kier molecular flexibility index (Phi) is 4.07. The Bertz CT molecular complexity index is 429. The Balaban J connectivity index is 2.21. The van der Waals surface area contributed by atoms with Crippen molar-refractivity contribution in [1.29, 1.82) is 0 Å². The summed E-state index contributed by atoms with van der Waals surface area (Å²) in [4.78, 5) is 0. The van der Waals surface area contributed by atoms with Gasteiger partial charge in [0.2, 0.25) is 0 Å². The lowest BCUT2D eigenvalue weighted by Crippen LogP contribution is -2.09. The molecule has 0 fully saturated rings. The van der Waals surface area contributed by atoms with Crippen molar-refractivity contribution in [2.45, 2.75) is 18.9 Å². The zero-order valence-electron chi connectivity index (χ0n) is 9.65. The molecule has 0 aromatic heterocycles. The van der Waals surface area contributed by atoms with Crippen LogP contribution in [0.5, 0.6) is 5.75 Å². The monoisotopic (exact) mass is 298 g/mol. The standard InChI is InChI=1S/C13H15BrO3/c1-16-11-6-5-9(8-10(11)14)13(15)12-4-2-3-7-17-12/h4-6,8,13,15H,2-3,7H2,1H3. The van der Waals surface area contributed by atoms with Gasteiger partial charge in [-0.05, 0) is 52.5 Å². The number of methoxy groups -OCH3 is 1. The second-order valence-electron chi connectivity index (χ2n) is 3.89. The third-order valence-corrected chi connectivity index (χ3v) is 3.34. The van der Waals surface area contributed by atoms with E-state index in [4.69, 9.17) is 9.47 Å². The van der Waals surface area contributed by atoms with E-state index in [2.05, 4.69) is 15.9 Å². The molecule has 1 aromatic rings. The summed E-state index contributed by atoms with van der Waals surface area (Å²) in [5.41, 5.74) is 0.797. The van der Waals surface area contributed by atoms with Gasteiger partial charge in [-0.3, -0.25) is 0 Å². The topological polar surface area (TPSA) is 38.7 Å². The van der Waals surface area contributed by atoms with Crippen LogP contribution in [0.25, 0.3) is 0 Å². The summed E-state index contributed by atoms with van der Waals surface area (Å²) >= 11 is 3.40. The Hall–Kier alpha value is -1.00. The zero-order valence-corrected chi connectivity index (χ0v) is 11.2. The van der Waals surface area contributed by atoms with Crippen molar-refractivity contribution in [3.63, 3.8) is 0 Å². The molecule has 0 amide bonds. The minimum Gasteiger partial charge on any atom is -0.496 e. The van der Waals surface area contributed by atoms with Crippen LogP contribution in [0.3, 0.4) is 0 Å². The molecule has 1 aliphatic heterocycles. The number of rotatable bonds is 3. The summed E-state index contributed by atoms with van der Waals surface area (Å²) in [5, 5.41) is 10.2. The minimum atomic E-state index is -0.697. The largest absolute Gasteiger partial charge is 0.496 e. The molecule has 1 aliphatic rings. The molecule has 3 nitrogen and oxygen atoms in total. The van der Waals surface area contributed by atoms with Crippen LogP contribution in [0.15, 0.2) is 34.5 Å². The number of halogens is 1. The van der Waals surface area contributed by atoms with Gasteiger partial charge in [0.05, 0.1) is 18.2 Å². The summed E-state index contributed by atoms with van der Waals surface area (Å²) in [5.74, 6) is 1.40. The SMILES string of the molecule is COc1ccc(C(O)C2=CCCCO2)cc1Br. The van der Waals surface area contributed by atoms with Crippen LogP contribution < -0.4 is 4.74 Å². The van der Waals surface area contributed by atoms with E-state index in [1.165, 1.54) is 0 Å². The highest BCUT2D eigenvalue weighted by Crippen LogP contribution is 2.31. The van der Waals surface area contributed by atoms with Crippen molar-refractivity contribution in [2.24, 2.45) is 0 Å². The molecule has 0 radical (unpaired) electrons. The molecular weight excluding hydrogens is 284 g/mol. The highest BCUT2D eigenvalue weighted by molar-refractivity contribution is 9.10. The van der Waals surface area contributed by atoms with Gasteiger partial charge in [0.25, 0.3) is 0 Å². The van der Waals surface area contributed by atoms with Crippen molar-refractivity contribution in [3.05, 3.63) is 40.1 Å². The number of aliphatic hydroxyl groups excluding tert-OH is 1. The van der Waals surface area contributed by atoms with E-state index in [1.807, 2.05) is 24.3 Å². The lowest BCUT2D eigenvalue weighted by atomic mass is 10.1. The van der Waals surface area contributed by atoms with Crippen molar-refractivity contribution >= 4 is 15.9 Å². The van der Waals surface area contributed by atoms with Gasteiger partial charge < -0.3 is 14.6 Å². The van der Waals surface area contributed by atoms with Crippen LogP contribution in [0, 0.1) is 0 Å². The number of hydrogen-bond acceptors (Lipinski definition) is 3. The predicted molar refractivity (Wildman–Crippen MR) is 68.9 cm³/mol. The molecule has 1 atom stereocenters. The number of ether oxygens (including phenoxy) is 2. The lowest BCUT2D eigenvalue weighted by molar-refractivity contribution is 0.0917. The summed E-state index contributed by atoms with van der Waals surface area (Å²) in [7, 11) is 1.61. The maximum absolute atomic E-state index is 10.2. The molecule has 4 heteroatoms. The average Bonchev–Trinajstić information content (AvgIpc) is 2.39. The van der Waals surface area contributed by atoms with E-state index in [-0.39, 0.29) is 0 Å². The molecule has 0 aliphatic carbocycles. The van der Waals surface area contributed by atoms with Gasteiger partial charge in [-0.1, -0.05) is 6.07 Å². The molecule has 17 heavy (non-hydrogen) atoms. The van der Waals surface area contributed by atoms with E-state index in [1.54, 1.807) is 7.11 Å². The third-order valence-electron chi connectivity index (χ3n) is 2.72. The Morgan fingerprint density at radius 1 is 1.47 bits per heavy atom. The number of benzene rings is 1. The lowest BCUT2D eigenvalue weighted by Gasteiger charge is -2.20. The van der Waals surface area contributed by atoms with Crippen molar-refractivity contribution in [1.82, 2.24) is 0 Å². The van der Waals surface area contributed by atoms with Crippen LogP contribution in [0.2, 0.25) is 0 Å². The quantitative estimate of drug-likeness (QED) is 0.931. The minimum absolute atomic E-state index is 0.647. The van der Waals surface area contributed by atoms with Gasteiger partial charge >= 0.3 is 0 Å². The fraction of sp³-hybridized carbons (Fsp3) is 0.385. The molecule has 1 unspecified atom stereocenters. The van der Waals surface area contributed by atoms with Crippen LogP contribution in [0.4, 0.5) is 0 Å². The summed E-state index contributed by atoms with van der Waals surface area (Å²) < 4.78 is 11.4. The normalized spacial score (nSPS) is 17.0. The highest BCUT2D eigenvalue weighted by atomic mass is 79.9. The second kappa shape index (κ2) is 5.56. The fourth-order valence-corrected chi connectivity index (χ4v) is 2.34. The van der Waals surface area contributed by atoms with Gasteiger partial charge in [0.15, 0.2) is 0 Å². The molecule has 0 saturated heterocycles. The van der Waals surface area contributed by atoms with Gasteiger partial charge in [-0.25, -0.2) is 0 Å². The summed E-state index contributed by atoms with van der Waals surface area (Å²) in [6.07, 6.45) is 3.23. The van der Waals surface area contributed by atoms with E-state index in [0.717, 1.165) is 28.6 Å². The maximum atomic E-state index is 10.2. The van der Waals surface area contributed by atoms with Gasteiger partial charge in [-0.2, -0.15) is 0 Å². The predicted octanol–water partition coefficient (Wildman–Crippen LogP) is 3.19. The van der Waals surface area contributed by atoms with Crippen LogP contribution in [-0.4, -0.2) is 18.8 Å². The van der Waals surface area contributed by atoms with E-state index in [0.29, 0.717) is 12.4 Å². The first-order valence-electron chi connectivity index (χ1n) is 5.56. The Labute approximate surface area is 109 Å². The highest BCUT2D eigenvalue weighted by Gasteiger charge is 2.18. The number of allylic oxidation sites excluding steroid dienone is 1. The molecule has 2 rings (SSSR count). The van der Waals surface area contributed by atoms with Gasteiger partial charge in [-0.15, -0.1) is 0 Å². The van der Waals surface area contributed by atoms with Gasteiger partial charge in [0, 0.05) is 0 Å². The fourth-order valence-electron chi connectivity index (χ4n) is 1.78. The van der Waals surface area contributed by atoms with E-state index < -0.39 is 6.10 Å². The average molecular weight is 299 g/mol. The Morgan fingerprint density at radius 2 is 2.29 bits per heavy atom. The van der Waals surface area contributed by atoms with E-state index in [9.17, 15) is 5.11 Å². The summed E-state index contributed by atoms with van der Waals surface area (Å²) in [6, 6.07) is 5.52. The smallest absolute Gasteiger partial charge is 0.136 e. The molecule has 1 N–H and O–H groups in total. The van der Waals surface area contributed by atoms with Crippen molar-refractivity contribution in [2.75, 3.05) is 13.7 Å². The third kappa shape index (κ3) is 2.82. The first-order chi connectivity index (χ1) is 8.22. The van der Waals surface area contributed by atoms with Crippen LogP contribution >= 0.6 is 15.9 Å². The molecular formula is C13H15BrO3. The summed E-state index contributed by atoms with van der Waals surface area (Å²) in [6.45, 7) is 0.681. The second-order valence-corrected chi connectivity index (χ2v) is 4.75. The van der Waals surface area contributed by atoms with Gasteiger partial charge in [0.1, 0.15) is 17.6 Å². The molecule has 92 valence electrons. The zero-order chi connectivity index (χ0) is 12.3. The molecule has 0 saturated carbocycles. The van der Waals surface area contributed by atoms with Crippen molar-refractivity contribution in [3.8, 4) is 5.75 Å². The first kappa shape index (κ1) is 12.5. The number of aliphatic hydroxyl groups is 1. The molecule has 1 aromatic carbocycles. The van der Waals surface area contributed by atoms with E-state index >= 15 is 0 Å². The van der Waals surface area contributed by atoms with Crippen LogP contribution in [0.1, 0.15) is 24.5 Å². The molecule has 1 heterocycles. The molecule has 0 spiro atoms. The Morgan fingerprint density at radius 3 is 2.88 bits per heavy atom. The first-order valence-corrected chi connectivity index (χ1v) is 6.36. The molecule has 0 bridgehead atoms.